The molecular weight excluding hydrogens is 364 g/mol. The highest BCUT2D eigenvalue weighted by molar-refractivity contribution is 6.00. The highest BCUT2D eigenvalue weighted by atomic mass is 16.5. The minimum absolute atomic E-state index is 0.339. The van der Waals surface area contributed by atoms with Gasteiger partial charge >= 0.3 is 11.9 Å². The Balaban J connectivity index is 4.47. The molecule has 0 amide bonds. The molecule has 29 heavy (non-hydrogen) atoms. The molecule has 0 aromatic carbocycles. The number of esters is 2. The molecule has 4 heteroatoms. The lowest BCUT2D eigenvalue weighted by molar-refractivity contribution is -0.142. The molecule has 0 fully saturated rings. The Bertz CT molecular complexity index is 454. The van der Waals surface area contributed by atoms with Gasteiger partial charge in [-0.25, -0.2) is 9.59 Å². The molecule has 0 saturated heterocycles. The van der Waals surface area contributed by atoms with Gasteiger partial charge in [0, 0.05) is 11.1 Å². The molecule has 0 aromatic heterocycles. The first kappa shape index (κ1) is 27.7. The lowest BCUT2D eigenvalue weighted by atomic mass is 10.0. The zero-order valence-electron chi connectivity index (χ0n) is 19.7. The summed E-state index contributed by atoms with van der Waals surface area (Å²) >= 11 is 0. The Morgan fingerprint density at radius 2 is 0.931 bits per heavy atom. The molecule has 0 saturated carbocycles. The van der Waals surface area contributed by atoms with Crippen molar-refractivity contribution in [3.05, 3.63) is 11.1 Å². The van der Waals surface area contributed by atoms with E-state index in [1.54, 1.807) is 0 Å². The number of unbranched alkanes of at least 4 members (excludes halogenated alkanes) is 10. The van der Waals surface area contributed by atoms with Gasteiger partial charge in [0.05, 0.1) is 13.2 Å². The van der Waals surface area contributed by atoms with Crippen LogP contribution in [0.25, 0.3) is 0 Å². The van der Waals surface area contributed by atoms with Crippen LogP contribution in [-0.2, 0) is 19.1 Å². The third-order valence-corrected chi connectivity index (χ3v) is 5.17. The summed E-state index contributed by atoms with van der Waals surface area (Å²) in [5, 5.41) is 0. The summed E-state index contributed by atoms with van der Waals surface area (Å²) in [6.45, 7) is 9.18. The van der Waals surface area contributed by atoms with Gasteiger partial charge in [-0.3, -0.25) is 0 Å². The molecule has 0 N–H and O–H groups in total. The molecule has 0 rings (SSSR count). The van der Waals surface area contributed by atoms with Crippen molar-refractivity contribution in [1.82, 2.24) is 0 Å². The first-order valence-corrected chi connectivity index (χ1v) is 12.2. The van der Waals surface area contributed by atoms with Gasteiger partial charge in [-0.15, -0.1) is 0 Å². The summed E-state index contributed by atoms with van der Waals surface area (Å²) in [5.41, 5.74) is 1.000. The zero-order valence-corrected chi connectivity index (χ0v) is 19.7. The Labute approximate surface area is 179 Å². The van der Waals surface area contributed by atoms with Crippen LogP contribution >= 0.6 is 0 Å². The van der Waals surface area contributed by atoms with Gasteiger partial charge < -0.3 is 9.47 Å². The van der Waals surface area contributed by atoms with Gasteiger partial charge in [0.1, 0.15) is 0 Å². The number of carbonyl (C=O) groups excluding carboxylic acids is 2. The van der Waals surface area contributed by atoms with Crippen molar-refractivity contribution in [2.75, 3.05) is 13.2 Å². The van der Waals surface area contributed by atoms with Crippen molar-refractivity contribution in [2.45, 2.75) is 124 Å². The van der Waals surface area contributed by atoms with E-state index in [1.807, 2.05) is 13.8 Å². The molecule has 0 heterocycles. The van der Waals surface area contributed by atoms with Gasteiger partial charge in [0.25, 0.3) is 0 Å². The van der Waals surface area contributed by atoms with Gasteiger partial charge in [-0.05, 0) is 25.7 Å². The Kier molecular flexibility index (Phi) is 19.1. The average Bonchev–Trinajstić information content (AvgIpc) is 2.72. The molecule has 0 bridgehead atoms. The summed E-state index contributed by atoms with van der Waals surface area (Å²) in [5.74, 6) is -0.685. The van der Waals surface area contributed by atoms with Crippen LogP contribution in [0.4, 0.5) is 0 Å². The van der Waals surface area contributed by atoms with Crippen LogP contribution in [0.3, 0.4) is 0 Å². The monoisotopic (exact) mass is 410 g/mol. The molecule has 0 atom stereocenters. The van der Waals surface area contributed by atoms with Crippen LogP contribution in [0.5, 0.6) is 0 Å². The highest BCUT2D eigenvalue weighted by Crippen LogP contribution is 2.19. The number of ether oxygens (including phenoxy) is 2. The van der Waals surface area contributed by atoms with E-state index >= 15 is 0 Å². The summed E-state index contributed by atoms with van der Waals surface area (Å²) in [6.07, 6.45) is 15.7. The first-order chi connectivity index (χ1) is 14.1. The third-order valence-electron chi connectivity index (χ3n) is 5.17. The normalized spacial score (nSPS) is 11.9. The molecule has 0 aliphatic carbocycles. The van der Waals surface area contributed by atoms with Crippen molar-refractivity contribution in [3.8, 4) is 0 Å². The lowest BCUT2D eigenvalue weighted by Gasteiger charge is -2.13. The van der Waals surface area contributed by atoms with E-state index in [2.05, 4.69) is 13.8 Å². The summed E-state index contributed by atoms with van der Waals surface area (Å²) < 4.78 is 10.9. The quantitative estimate of drug-likeness (QED) is 0.127. The highest BCUT2D eigenvalue weighted by Gasteiger charge is 2.21. The fourth-order valence-electron chi connectivity index (χ4n) is 3.38. The number of hydrogen-bond donors (Lipinski definition) is 0. The van der Waals surface area contributed by atoms with E-state index in [9.17, 15) is 9.59 Å². The fourth-order valence-corrected chi connectivity index (χ4v) is 3.38. The van der Waals surface area contributed by atoms with E-state index in [-0.39, 0.29) is 11.9 Å². The molecule has 4 nitrogen and oxygen atoms in total. The molecule has 170 valence electrons. The van der Waals surface area contributed by atoms with Crippen molar-refractivity contribution < 1.29 is 19.1 Å². The molecule has 0 unspecified atom stereocenters. The van der Waals surface area contributed by atoms with E-state index in [0.29, 0.717) is 37.2 Å². The van der Waals surface area contributed by atoms with E-state index in [1.165, 1.54) is 51.4 Å². The van der Waals surface area contributed by atoms with Crippen LogP contribution in [0.1, 0.15) is 124 Å². The summed E-state index contributed by atoms with van der Waals surface area (Å²) in [4.78, 5) is 25.1. The fraction of sp³-hybridized carbons (Fsp3) is 0.840. The first-order valence-electron chi connectivity index (χ1n) is 12.2. The summed E-state index contributed by atoms with van der Waals surface area (Å²) in [6, 6.07) is 0. The lowest BCUT2D eigenvalue weighted by Crippen LogP contribution is -2.17. The number of carbonyl (C=O) groups is 2. The van der Waals surface area contributed by atoms with Gasteiger partial charge in [-0.2, -0.15) is 0 Å². The van der Waals surface area contributed by atoms with Crippen LogP contribution in [0, 0.1) is 0 Å². The zero-order chi connectivity index (χ0) is 21.7. The predicted octanol–water partition coefficient (Wildman–Crippen LogP) is 7.30. The SMILES string of the molecule is CCCCCCCCOC(=O)C(CC)=C(CCC)C(=O)OCCCCCCCC. The van der Waals surface area contributed by atoms with E-state index in [0.717, 1.165) is 32.1 Å². The molecule has 0 spiro atoms. The Morgan fingerprint density at radius 3 is 1.34 bits per heavy atom. The van der Waals surface area contributed by atoms with Gasteiger partial charge in [0.15, 0.2) is 0 Å². The standard InChI is InChI=1S/C25H46O4/c1-5-9-11-13-15-17-20-28-24(26)22(8-4)23(19-7-3)25(27)29-21-18-16-14-12-10-6-2/h5-21H2,1-4H3. The van der Waals surface area contributed by atoms with Crippen LogP contribution in [0.2, 0.25) is 0 Å². The second-order valence-electron chi connectivity index (χ2n) is 7.87. The van der Waals surface area contributed by atoms with Crippen molar-refractivity contribution >= 4 is 11.9 Å². The Hall–Kier alpha value is -1.32. The largest absolute Gasteiger partial charge is 0.462 e. The Morgan fingerprint density at radius 1 is 0.517 bits per heavy atom. The smallest absolute Gasteiger partial charge is 0.334 e. The molecular formula is C25H46O4. The van der Waals surface area contributed by atoms with Gasteiger partial charge in [0.2, 0.25) is 0 Å². The van der Waals surface area contributed by atoms with Crippen LogP contribution < -0.4 is 0 Å². The minimum atomic E-state index is -0.346. The van der Waals surface area contributed by atoms with Crippen molar-refractivity contribution in [2.24, 2.45) is 0 Å². The van der Waals surface area contributed by atoms with Gasteiger partial charge in [-0.1, -0.05) is 98.3 Å². The van der Waals surface area contributed by atoms with Crippen molar-refractivity contribution in [3.63, 3.8) is 0 Å². The predicted molar refractivity (Wildman–Crippen MR) is 121 cm³/mol. The van der Waals surface area contributed by atoms with E-state index < -0.39 is 0 Å². The maximum absolute atomic E-state index is 12.6. The molecule has 0 aliphatic heterocycles. The maximum atomic E-state index is 12.6. The van der Waals surface area contributed by atoms with Crippen LogP contribution in [-0.4, -0.2) is 25.2 Å². The molecule has 0 aromatic rings. The second kappa shape index (κ2) is 20.0. The topological polar surface area (TPSA) is 52.6 Å². The third kappa shape index (κ3) is 14.3. The molecule has 0 aliphatic rings. The number of hydrogen-bond acceptors (Lipinski definition) is 4. The molecule has 0 radical (unpaired) electrons. The average molecular weight is 411 g/mol. The van der Waals surface area contributed by atoms with Crippen molar-refractivity contribution in [1.29, 1.82) is 0 Å². The number of rotatable bonds is 19. The maximum Gasteiger partial charge on any atom is 0.334 e. The van der Waals surface area contributed by atoms with E-state index in [4.69, 9.17) is 9.47 Å². The minimum Gasteiger partial charge on any atom is -0.462 e. The van der Waals surface area contributed by atoms with Crippen LogP contribution in [0.15, 0.2) is 11.1 Å². The summed E-state index contributed by atoms with van der Waals surface area (Å²) in [7, 11) is 0. The second-order valence-corrected chi connectivity index (χ2v) is 7.87.